The minimum atomic E-state index is -0.568. The number of hydrogen-bond acceptors (Lipinski definition) is 2. The minimum absolute atomic E-state index is 0.0272. The number of halogens is 2. The van der Waals surface area contributed by atoms with E-state index in [0.29, 0.717) is 12.1 Å². The predicted molar refractivity (Wildman–Crippen MR) is 66.9 cm³/mol. The molecule has 94 valence electrons. The number of benzene rings is 1. The largest absolute Gasteiger partial charge is 0.342 e. The van der Waals surface area contributed by atoms with Gasteiger partial charge in [-0.05, 0) is 38.2 Å². The molecular formula is C12H16ClFN2O. The Balaban J connectivity index is 2.65. The van der Waals surface area contributed by atoms with Gasteiger partial charge in [-0.25, -0.2) is 4.39 Å². The molecule has 0 aliphatic heterocycles. The number of hydrogen-bond donors (Lipinski definition) is 1. The Bertz CT molecular complexity index is 398. The van der Waals surface area contributed by atoms with Crippen LogP contribution in [0.2, 0.25) is 5.02 Å². The molecule has 17 heavy (non-hydrogen) atoms. The number of amides is 1. The van der Waals surface area contributed by atoms with E-state index in [4.69, 9.17) is 11.6 Å². The van der Waals surface area contributed by atoms with Crippen molar-refractivity contribution in [2.24, 2.45) is 0 Å². The zero-order valence-electron chi connectivity index (χ0n) is 9.96. The molecule has 1 aromatic carbocycles. The first kappa shape index (κ1) is 13.9. The van der Waals surface area contributed by atoms with Crippen LogP contribution in [0.4, 0.5) is 4.39 Å². The summed E-state index contributed by atoms with van der Waals surface area (Å²) in [6.45, 7) is 1.47. The van der Waals surface area contributed by atoms with Crippen molar-refractivity contribution in [2.45, 2.75) is 6.42 Å². The summed E-state index contributed by atoms with van der Waals surface area (Å²) in [6, 6.07) is 4.09. The van der Waals surface area contributed by atoms with Gasteiger partial charge in [0.1, 0.15) is 5.82 Å². The molecule has 1 amide bonds. The summed E-state index contributed by atoms with van der Waals surface area (Å²) in [5, 5.41) is 3.03. The molecule has 0 aliphatic rings. The van der Waals surface area contributed by atoms with Gasteiger partial charge in [-0.15, -0.1) is 0 Å². The highest BCUT2D eigenvalue weighted by Crippen LogP contribution is 2.16. The summed E-state index contributed by atoms with van der Waals surface area (Å²) in [5.41, 5.74) is 0.318. The van der Waals surface area contributed by atoms with Crippen LogP contribution in [0.15, 0.2) is 18.2 Å². The topological polar surface area (TPSA) is 32.3 Å². The second-order valence-corrected chi connectivity index (χ2v) is 4.22. The van der Waals surface area contributed by atoms with Crippen molar-refractivity contribution in [3.63, 3.8) is 0 Å². The molecule has 1 rings (SSSR count). The van der Waals surface area contributed by atoms with E-state index in [1.54, 1.807) is 11.9 Å². The maximum Gasteiger partial charge on any atom is 0.253 e. The Morgan fingerprint density at radius 3 is 2.82 bits per heavy atom. The molecular weight excluding hydrogens is 243 g/mol. The van der Waals surface area contributed by atoms with Crippen LogP contribution in [-0.4, -0.2) is 38.0 Å². The van der Waals surface area contributed by atoms with Gasteiger partial charge >= 0.3 is 0 Å². The lowest BCUT2D eigenvalue weighted by atomic mass is 10.2. The van der Waals surface area contributed by atoms with Crippen molar-refractivity contribution in [1.82, 2.24) is 10.2 Å². The van der Waals surface area contributed by atoms with Crippen LogP contribution in [0, 0.1) is 5.82 Å². The average Bonchev–Trinajstić information content (AvgIpc) is 2.32. The highest BCUT2D eigenvalue weighted by atomic mass is 35.5. The molecule has 0 spiro atoms. The number of nitrogens with zero attached hydrogens (tertiary/aromatic N) is 1. The van der Waals surface area contributed by atoms with Crippen molar-refractivity contribution in [2.75, 3.05) is 27.2 Å². The van der Waals surface area contributed by atoms with Crippen molar-refractivity contribution in [3.05, 3.63) is 34.6 Å². The van der Waals surface area contributed by atoms with Crippen LogP contribution in [0.1, 0.15) is 16.8 Å². The maximum absolute atomic E-state index is 13.2. The highest BCUT2D eigenvalue weighted by molar-refractivity contribution is 6.30. The van der Waals surface area contributed by atoms with E-state index in [9.17, 15) is 9.18 Å². The number of rotatable bonds is 5. The van der Waals surface area contributed by atoms with E-state index < -0.39 is 5.82 Å². The summed E-state index contributed by atoms with van der Waals surface area (Å²) in [4.78, 5) is 13.5. The third kappa shape index (κ3) is 3.98. The first-order valence-electron chi connectivity index (χ1n) is 5.41. The second kappa shape index (κ2) is 6.57. The molecule has 0 aromatic heterocycles. The van der Waals surface area contributed by atoms with Crippen molar-refractivity contribution < 1.29 is 9.18 Å². The van der Waals surface area contributed by atoms with Crippen LogP contribution < -0.4 is 5.32 Å². The van der Waals surface area contributed by atoms with E-state index in [1.165, 1.54) is 18.2 Å². The molecule has 0 radical (unpaired) electrons. The Kier molecular flexibility index (Phi) is 5.38. The first-order chi connectivity index (χ1) is 8.06. The quantitative estimate of drug-likeness (QED) is 0.821. The van der Waals surface area contributed by atoms with E-state index in [2.05, 4.69) is 5.32 Å². The molecule has 0 atom stereocenters. The molecule has 0 heterocycles. The van der Waals surface area contributed by atoms with Crippen molar-refractivity contribution in [1.29, 1.82) is 0 Å². The lowest BCUT2D eigenvalue weighted by Gasteiger charge is -2.17. The van der Waals surface area contributed by atoms with Crippen molar-refractivity contribution in [3.8, 4) is 0 Å². The molecule has 0 saturated carbocycles. The lowest BCUT2D eigenvalue weighted by Crippen LogP contribution is -2.29. The zero-order chi connectivity index (χ0) is 12.8. The molecule has 3 nitrogen and oxygen atoms in total. The van der Waals surface area contributed by atoms with Crippen LogP contribution in [0.3, 0.4) is 0 Å². The standard InChI is InChI=1S/C12H16ClFN2O/c1-15-6-3-7-16(2)12(17)9-4-5-10(13)11(14)8-9/h4-5,8,15H,3,6-7H2,1-2H3. The van der Waals surface area contributed by atoms with E-state index in [-0.39, 0.29) is 10.9 Å². The summed E-state index contributed by atoms with van der Waals surface area (Å²) in [7, 11) is 3.56. The number of carbonyl (C=O) groups excluding carboxylic acids is 1. The Labute approximate surface area is 106 Å². The fraction of sp³-hybridized carbons (Fsp3) is 0.417. The predicted octanol–water partition coefficient (Wildman–Crippen LogP) is 2.16. The monoisotopic (exact) mass is 258 g/mol. The summed E-state index contributed by atoms with van der Waals surface area (Å²) < 4.78 is 13.2. The van der Waals surface area contributed by atoms with Crippen LogP contribution in [-0.2, 0) is 0 Å². The van der Waals surface area contributed by atoms with E-state index >= 15 is 0 Å². The van der Waals surface area contributed by atoms with Gasteiger partial charge in [0.25, 0.3) is 5.91 Å². The molecule has 0 bridgehead atoms. The third-order valence-electron chi connectivity index (χ3n) is 2.43. The molecule has 1 N–H and O–H groups in total. The molecule has 1 aromatic rings. The third-order valence-corrected chi connectivity index (χ3v) is 2.74. The fourth-order valence-electron chi connectivity index (χ4n) is 1.44. The van der Waals surface area contributed by atoms with Gasteiger partial charge < -0.3 is 10.2 Å². The summed E-state index contributed by atoms with van der Waals surface area (Å²) >= 11 is 5.56. The van der Waals surface area contributed by atoms with Crippen LogP contribution >= 0.6 is 11.6 Å². The summed E-state index contributed by atoms with van der Waals surface area (Å²) in [6.07, 6.45) is 0.856. The molecule has 0 unspecified atom stereocenters. The van der Waals surface area contributed by atoms with Gasteiger partial charge in [0.15, 0.2) is 0 Å². The van der Waals surface area contributed by atoms with Gasteiger partial charge in [-0.1, -0.05) is 11.6 Å². The zero-order valence-corrected chi connectivity index (χ0v) is 10.7. The van der Waals surface area contributed by atoms with Gasteiger partial charge in [-0.3, -0.25) is 4.79 Å². The molecule has 0 saturated heterocycles. The van der Waals surface area contributed by atoms with Crippen LogP contribution in [0.5, 0.6) is 0 Å². The van der Waals surface area contributed by atoms with Gasteiger partial charge in [0.05, 0.1) is 5.02 Å². The Morgan fingerprint density at radius 1 is 1.53 bits per heavy atom. The molecule has 0 aliphatic carbocycles. The fourth-order valence-corrected chi connectivity index (χ4v) is 1.56. The first-order valence-corrected chi connectivity index (χ1v) is 5.79. The van der Waals surface area contributed by atoms with E-state index in [1.807, 2.05) is 7.05 Å². The normalized spacial score (nSPS) is 10.4. The number of carbonyl (C=O) groups is 1. The highest BCUT2D eigenvalue weighted by Gasteiger charge is 2.12. The van der Waals surface area contributed by atoms with E-state index in [0.717, 1.165) is 13.0 Å². The van der Waals surface area contributed by atoms with Crippen LogP contribution in [0.25, 0.3) is 0 Å². The SMILES string of the molecule is CNCCCN(C)C(=O)c1ccc(Cl)c(F)c1. The second-order valence-electron chi connectivity index (χ2n) is 3.81. The molecule has 5 heteroatoms. The van der Waals surface area contributed by atoms with Gasteiger partial charge in [0, 0.05) is 19.2 Å². The number of nitrogens with one attached hydrogen (secondary N) is 1. The van der Waals surface area contributed by atoms with Gasteiger partial charge in [-0.2, -0.15) is 0 Å². The molecule has 0 fully saturated rings. The van der Waals surface area contributed by atoms with Gasteiger partial charge in [0.2, 0.25) is 0 Å². The lowest BCUT2D eigenvalue weighted by molar-refractivity contribution is 0.0793. The minimum Gasteiger partial charge on any atom is -0.342 e. The Hall–Kier alpha value is -1.13. The maximum atomic E-state index is 13.2. The smallest absolute Gasteiger partial charge is 0.253 e. The summed E-state index contributed by atoms with van der Waals surface area (Å²) in [5.74, 6) is -0.766. The Morgan fingerprint density at radius 2 is 2.24 bits per heavy atom. The average molecular weight is 259 g/mol. The van der Waals surface area contributed by atoms with Crippen molar-refractivity contribution >= 4 is 17.5 Å².